The van der Waals surface area contributed by atoms with Gasteiger partial charge in [0, 0.05) is 13.1 Å². The van der Waals surface area contributed by atoms with Crippen molar-refractivity contribution in [3.05, 3.63) is 70.8 Å². The molecular formula is C33H44N4O9S. The largest absolute Gasteiger partial charge is 0.496 e. The van der Waals surface area contributed by atoms with E-state index in [2.05, 4.69) is 21.9 Å². The first-order valence-electron chi connectivity index (χ1n) is 15.0. The van der Waals surface area contributed by atoms with E-state index in [-0.39, 0.29) is 37.6 Å². The summed E-state index contributed by atoms with van der Waals surface area (Å²) >= 11 is 0. The van der Waals surface area contributed by atoms with Crippen LogP contribution in [0.4, 0.5) is 4.79 Å². The van der Waals surface area contributed by atoms with Crippen molar-refractivity contribution in [1.29, 1.82) is 0 Å². The Kier molecular flexibility index (Phi) is 12.2. The van der Waals surface area contributed by atoms with Crippen LogP contribution in [0.25, 0.3) is 0 Å². The second kappa shape index (κ2) is 15.4. The zero-order valence-electron chi connectivity index (χ0n) is 27.9. The number of esters is 1. The van der Waals surface area contributed by atoms with E-state index in [1.54, 1.807) is 71.9 Å². The molecule has 1 aliphatic rings. The highest BCUT2D eigenvalue weighted by molar-refractivity contribution is 7.89. The minimum atomic E-state index is -3.86. The van der Waals surface area contributed by atoms with E-state index in [1.165, 1.54) is 18.1 Å². The van der Waals surface area contributed by atoms with Crippen LogP contribution in [0.1, 0.15) is 55.0 Å². The summed E-state index contributed by atoms with van der Waals surface area (Å²) in [5, 5.41) is 5.10. The molecule has 47 heavy (non-hydrogen) atoms. The molecule has 3 N–H and O–H groups in total. The Balaban J connectivity index is 1.78. The molecule has 1 aliphatic heterocycles. The minimum absolute atomic E-state index is 0.00888. The quantitative estimate of drug-likeness (QED) is 0.214. The smallest absolute Gasteiger partial charge is 0.407 e. The normalized spacial score (nSPS) is 16.7. The number of ether oxygens (including phenoxy) is 3. The number of hydrogen-bond acceptors (Lipinski definition) is 9. The van der Waals surface area contributed by atoms with Gasteiger partial charge in [-0.1, -0.05) is 36.9 Å². The molecule has 0 unspecified atom stereocenters. The third-order valence-corrected chi connectivity index (χ3v) is 9.15. The van der Waals surface area contributed by atoms with Crippen LogP contribution in [0.5, 0.6) is 5.75 Å². The van der Waals surface area contributed by atoms with Crippen molar-refractivity contribution < 1.29 is 41.8 Å². The lowest BCUT2D eigenvalue weighted by Gasteiger charge is -2.39. The van der Waals surface area contributed by atoms with Crippen LogP contribution in [0.15, 0.2) is 47.9 Å². The maximum absolute atomic E-state index is 13.6. The molecule has 1 fully saturated rings. The first kappa shape index (κ1) is 37.0. The lowest BCUT2D eigenvalue weighted by Crippen LogP contribution is -2.65. The maximum atomic E-state index is 13.6. The van der Waals surface area contributed by atoms with Gasteiger partial charge in [-0.05, 0) is 75.4 Å². The zero-order valence-corrected chi connectivity index (χ0v) is 28.7. The van der Waals surface area contributed by atoms with Crippen LogP contribution in [0.2, 0.25) is 0 Å². The molecule has 0 aliphatic carbocycles. The van der Waals surface area contributed by atoms with Gasteiger partial charge in [0.05, 0.1) is 25.0 Å². The minimum Gasteiger partial charge on any atom is -0.496 e. The molecule has 1 heterocycles. The molecule has 256 valence electrons. The molecule has 3 amide bonds. The fourth-order valence-electron chi connectivity index (χ4n) is 5.08. The van der Waals surface area contributed by atoms with Gasteiger partial charge in [-0.2, -0.15) is 0 Å². The van der Waals surface area contributed by atoms with Crippen molar-refractivity contribution in [2.45, 2.75) is 83.6 Å². The predicted octanol–water partition coefficient (Wildman–Crippen LogP) is 2.94. The van der Waals surface area contributed by atoms with Crippen LogP contribution in [-0.4, -0.2) is 75.1 Å². The standard InChI is InChI=1S/C33H44N4O9S/c1-9-14-45-28(38)16-25-31(40)37(26(30(39)36-25)18-34-32(41)46-33(5,6)7)19-24-12-10-23(11-13-24)17-35-47(42,43)29-20(2)15-27(44-8)21(3)22(29)4/h9-13,15,25-26,35H,1,14,16-19H2,2-8H3,(H,34,41)(H,36,39)/t25-,26+/m0/s1. The number of aryl methyl sites for hydroxylation is 1. The maximum Gasteiger partial charge on any atom is 0.407 e. The lowest BCUT2D eigenvalue weighted by molar-refractivity contribution is -0.154. The number of benzene rings is 2. The molecule has 0 spiro atoms. The van der Waals surface area contributed by atoms with E-state index < -0.39 is 51.6 Å². The van der Waals surface area contributed by atoms with E-state index in [4.69, 9.17) is 14.2 Å². The topological polar surface area (TPSA) is 169 Å². The number of piperazine rings is 1. The van der Waals surface area contributed by atoms with Gasteiger partial charge < -0.3 is 29.7 Å². The van der Waals surface area contributed by atoms with Crippen molar-refractivity contribution >= 4 is 33.9 Å². The number of hydrogen-bond donors (Lipinski definition) is 3. The molecule has 14 heteroatoms. The van der Waals surface area contributed by atoms with Crippen LogP contribution in [-0.2, 0) is 47.0 Å². The Labute approximate surface area is 276 Å². The summed E-state index contributed by atoms with van der Waals surface area (Å²) < 4.78 is 44.8. The Hall–Kier alpha value is -4.43. The molecule has 2 aromatic rings. The number of sulfonamides is 1. The predicted molar refractivity (Wildman–Crippen MR) is 174 cm³/mol. The molecule has 3 rings (SSSR count). The Bertz CT molecular complexity index is 1620. The molecule has 13 nitrogen and oxygen atoms in total. The molecule has 0 aromatic heterocycles. The monoisotopic (exact) mass is 672 g/mol. The summed E-state index contributed by atoms with van der Waals surface area (Å²) in [6, 6.07) is 6.28. The highest BCUT2D eigenvalue weighted by atomic mass is 32.2. The Morgan fingerprint density at radius 3 is 2.30 bits per heavy atom. The molecule has 1 saturated heterocycles. The highest BCUT2D eigenvalue weighted by Gasteiger charge is 2.42. The number of carbonyl (C=O) groups is 4. The number of amides is 3. The summed E-state index contributed by atoms with van der Waals surface area (Å²) in [6.07, 6.45) is 0.253. The average Bonchev–Trinajstić information content (AvgIpc) is 2.98. The van der Waals surface area contributed by atoms with E-state index in [9.17, 15) is 27.6 Å². The SMILES string of the molecule is C=CCOC(=O)C[C@@H]1NC(=O)[C@@H](CNC(=O)OC(C)(C)C)N(Cc2ccc(CNS(=O)(=O)c3c(C)cc(OC)c(C)c3C)cc2)C1=O. The summed E-state index contributed by atoms with van der Waals surface area (Å²) in [7, 11) is -2.32. The van der Waals surface area contributed by atoms with Gasteiger partial charge >= 0.3 is 12.1 Å². The van der Waals surface area contributed by atoms with Gasteiger partial charge in [-0.3, -0.25) is 14.4 Å². The fraction of sp³-hybridized carbons (Fsp3) is 0.455. The molecule has 2 atom stereocenters. The summed E-state index contributed by atoms with van der Waals surface area (Å²) in [6.45, 7) is 13.5. The second-order valence-corrected chi connectivity index (χ2v) is 13.9. The summed E-state index contributed by atoms with van der Waals surface area (Å²) in [5.41, 5.74) is 2.42. The van der Waals surface area contributed by atoms with Crippen molar-refractivity contribution in [3.8, 4) is 5.75 Å². The van der Waals surface area contributed by atoms with Crippen molar-refractivity contribution in [2.24, 2.45) is 0 Å². The Morgan fingerprint density at radius 1 is 1.06 bits per heavy atom. The summed E-state index contributed by atoms with van der Waals surface area (Å²) in [4.78, 5) is 52.8. The number of rotatable bonds is 13. The number of nitrogens with one attached hydrogen (secondary N) is 3. The fourth-order valence-corrected chi connectivity index (χ4v) is 6.62. The molecule has 2 aromatic carbocycles. The van der Waals surface area contributed by atoms with Crippen molar-refractivity contribution in [1.82, 2.24) is 20.3 Å². The molecule has 0 radical (unpaired) electrons. The van der Waals surface area contributed by atoms with Gasteiger partial charge in [-0.15, -0.1) is 0 Å². The third kappa shape index (κ3) is 9.78. The van der Waals surface area contributed by atoms with Crippen molar-refractivity contribution in [2.75, 3.05) is 20.3 Å². The van der Waals surface area contributed by atoms with Gasteiger partial charge in [-0.25, -0.2) is 17.9 Å². The lowest BCUT2D eigenvalue weighted by atomic mass is 10.0. The van der Waals surface area contributed by atoms with E-state index in [0.29, 0.717) is 28.0 Å². The molecular weight excluding hydrogens is 628 g/mol. The Morgan fingerprint density at radius 2 is 1.70 bits per heavy atom. The number of methoxy groups -OCH3 is 1. The van der Waals surface area contributed by atoms with Gasteiger partial charge in [0.15, 0.2) is 0 Å². The van der Waals surface area contributed by atoms with E-state index in [1.807, 2.05) is 0 Å². The number of carbonyl (C=O) groups excluding carboxylic acids is 4. The zero-order chi connectivity index (χ0) is 35.1. The van der Waals surface area contributed by atoms with Crippen LogP contribution >= 0.6 is 0 Å². The first-order valence-corrected chi connectivity index (χ1v) is 16.5. The van der Waals surface area contributed by atoms with Gasteiger partial charge in [0.2, 0.25) is 21.8 Å². The third-order valence-electron chi connectivity index (χ3n) is 7.46. The number of nitrogens with zero attached hydrogens (tertiary/aromatic N) is 1. The second-order valence-electron chi connectivity index (χ2n) is 12.2. The summed E-state index contributed by atoms with van der Waals surface area (Å²) in [5.74, 6) is -1.17. The first-order chi connectivity index (χ1) is 22.0. The van der Waals surface area contributed by atoms with Crippen LogP contribution < -0.4 is 20.1 Å². The van der Waals surface area contributed by atoms with Crippen molar-refractivity contribution in [3.63, 3.8) is 0 Å². The van der Waals surface area contributed by atoms with Crippen LogP contribution in [0.3, 0.4) is 0 Å². The van der Waals surface area contributed by atoms with Gasteiger partial charge in [0.1, 0.15) is 30.0 Å². The van der Waals surface area contributed by atoms with Crippen LogP contribution in [0, 0.1) is 20.8 Å². The van der Waals surface area contributed by atoms with E-state index >= 15 is 0 Å². The molecule has 0 bridgehead atoms. The van der Waals surface area contributed by atoms with E-state index in [0.717, 1.165) is 5.56 Å². The highest BCUT2D eigenvalue weighted by Crippen LogP contribution is 2.30. The van der Waals surface area contributed by atoms with Gasteiger partial charge in [0.25, 0.3) is 0 Å². The average molecular weight is 673 g/mol. The number of alkyl carbamates (subject to hydrolysis) is 1. The molecule has 0 saturated carbocycles.